The molecule has 0 fully saturated rings. The lowest BCUT2D eigenvalue weighted by molar-refractivity contribution is 1.07. The van der Waals surface area contributed by atoms with E-state index < -0.39 is 0 Å². The van der Waals surface area contributed by atoms with Crippen molar-refractivity contribution in [3.63, 3.8) is 0 Å². The number of halogens is 1. The fourth-order valence-corrected chi connectivity index (χ4v) is 14.3. The van der Waals surface area contributed by atoms with Crippen LogP contribution in [0.15, 0.2) is 376 Å². The first-order chi connectivity index (χ1) is 52.0. The van der Waals surface area contributed by atoms with Crippen LogP contribution in [0.4, 0.5) is 0 Å². The molecule has 1 N–H and O–H groups in total. The molecule has 20 aromatic rings. The lowest BCUT2D eigenvalue weighted by atomic mass is 10.1. The first-order valence-electron chi connectivity index (χ1n) is 34.9. The SMILES string of the molecule is Clc1cccc(-c2nc(-c3ccccc3)nc(-c3ccccc3)n2)c1.c1ccc(-c2cccc(-n3ccc4ccc5c6ccccc6[nH]c5c43)c2)cc1.c1ccc(-c2cccc(-n3ccc4ccc5c6ccccc6n(-c6cccc(-c7nc(-c8ccccc8)nc(-c8ccccc8)n7)c6)c5c43)c2)cc1. The van der Waals surface area contributed by atoms with Gasteiger partial charge in [-0.2, -0.15) is 0 Å². The summed E-state index contributed by atoms with van der Waals surface area (Å²) in [7, 11) is 0. The Bertz CT molecular complexity index is 6420. The standard InChI is InChI=1S/C47H31N5.C26H18N2.C21H14ClN3/c1-4-14-32(15-5-1)36-20-12-22-38(30-36)51-29-28-33-26-27-41-40-24-10-11-25-42(40)52(44(41)43(33)51)39-23-13-21-37(31-39)47-49-45(34-16-6-2-7-17-34)48-46(50-47)35-18-8-3-9-19-35;1-2-7-18(8-3-1)20-9-6-10-21(17-20)28-16-15-19-13-14-23-22-11-4-5-12-24(22)27-25(23)26(19)28;22-18-13-7-12-17(14-18)21-24-19(15-8-3-1-4-9-15)23-20(25-21)16-10-5-2-6-11-16/h1-31H;1-17,27H;1-14H. The molecule has 6 heterocycles. The number of benzene rings is 14. The minimum Gasteiger partial charge on any atom is -0.353 e. The quantitative estimate of drug-likeness (QED) is 0.138. The van der Waals surface area contributed by atoms with Crippen LogP contribution in [-0.4, -0.2) is 48.6 Å². The lowest BCUT2D eigenvalue weighted by Gasteiger charge is -2.14. The van der Waals surface area contributed by atoms with Gasteiger partial charge in [-0.15, -0.1) is 0 Å². The molecule has 0 bridgehead atoms. The van der Waals surface area contributed by atoms with Gasteiger partial charge in [-0.05, 0) is 95.1 Å². The number of aromatic nitrogens is 10. The van der Waals surface area contributed by atoms with Gasteiger partial charge in [-0.1, -0.05) is 303 Å². The molecular weight excluding hydrogens is 1300 g/mol. The molecule has 11 heteroatoms. The van der Waals surface area contributed by atoms with Gasteiger partial charge in [0.05, 0.1) is 27.6 Å². The summed E-state index contributed by atoms with van der Waals surface area (Å²) in [6.45, 7) is 0. The number of hydrogen-bond acceptors (Lipinski definition) is 6. The molecule has 10 nitrogen and oxygen atoms in total. The molecule has 496 valence electrons. The Morgan fingerprint density at radius 2 is 0.600 bits per heavy atom. The molecule has 105 heavy (non-hydrogen) atoms. The largest absolute Gasteiger partial charge is 0.353 e. The van der Waals surface area contributed by atoms with Crippen LogP contribution in [0.2, 0.25) is 5.02 Å². The van der Waals surface area contributed by atoms with Crippen molar-refractivity contribution in [3.8, 4) is 108 Å². The third-order valence-corrected chi connectivity index (χ3v) is 19.4. The minimum absolute atomic E-state index is 0.607. The number of para-hydroxylation sites is 2. The molecule has 0 atom stereocenters. The number of aromatic amines is 1. The van der Waals surface area contributed by atoms with Gasteiger partial charge in [0.1, 0.15) is 0 Å². The van der Waals surface area contributed by atoms with Crippen LogP contribution >= 0.6 is 11.6 Å². The van der Waals surface area contributed by atoms with Gasteiger partial charge in [0, 0.05) is 106 Å². The second-order valence-corrected chi connectivity index (χ2v) is 26.1. The zero-order valence-electron chi connectivity index (χ0n) is 56.7. The summed E-state index contributed by atoms with van der Waals surface area (Å²) in [5.41, 5.74) is 20.7. The summed E-state index contributed by atoms with van der Waals surface area (Å²) < 4.78 is 7.01. The van der Waals surface area contributed by atoms with Crippen molar-refractivity contribution in [3.05, 3.63) is 381 Å². The summed E-state index contributed by atoms with van der Waals surface area (Å²) in [5.74, 6) is 3.80. The van der Waals surface area contributed by atoms with Gasteiger partial charge in [0.2, 0.25) is 0 Å². The van der Waals surface area contributed by atoms with Crippen molar-refractivity contribution < 1.29 is 0 Å². The van der Waals surface area contributed by atoms with E-state index in [1.54, 1.807) is 0 Å². The van der Waals surface area contributed by atoms with E-state index in [0.717, 1.165) is 61.3 Å². The molecule has 6 aromatic heterocycles. The van der Waals surface area contributed by atoms with E-state index in [0.29, 0.717) is 40.0 Å². The van der Waals surface area contributed by atoms with Crippen LogP contribution in [0.3, 0.4) is 0 Å². The topological polar surface area (TPSA) is 108 Å². The molecule has 20 rings (SSSR count). The van der Waals surface area contributed by atoms with Gasteiger partial charge in [0.25, 0.3) is 0 Å². The zero-order valence-corrected chi connectivity index (χ0v) is 57.5. The monoisotopic (exact) mass is 1370 g/mol. The number of rotatable bonds is 11. The van der Waals surface area contributed by atoms with Crippen LogP contribution in [0.5, 0.6) is 0 Å². The normalized spacial score (nSPS) is 11.3. The summed E-state index contributed by atoms with van der Waals surface area (Å²) in [6, 6.07) is 125. The highest BCUT2D eigenvalue weighted by molar-refractivity contribution is 6.30. The maximum Gasteiger partial charge on any atom is 0.164 e. The molecule has 0 aliphatic rings. The Labute approximate surface area is 610 Å². The van der Waals surface area contributed by atoms with Crippen molar-refractivity contribution in [2.75, 3.05) is 0 Å². The number of nitrogens with one attached hydrogen (secondary N) is 1. The van der Waals surface area contributed by atoms with Crippen LogP contribution in [0, 0.1) is 0 Å². The van der Waals surface area contributed by atoms with Crippen LogP contribution in [0.25, 0.3) is 173 Å². The Balaban J connectivity index is 0.000000124. The second kappa shape index (κ2) is 27.9. The summed E-state index contributed by atoms with van der Waals surface area (Å²) in [5, 5.41) is 8.01. The minimum atomic E-state index is 0.607. The molecule has 0 saturated carbocycles. The van der Waals surface area contributed by atoms with Crippen molar-refractivity contribution in [1.29, 1.82) is 0 Å². The van der Waals surface area contributed by atoms with Gasteiger partial charge >= 0.3 is 0 Å². The summed E-state index contributed by atoms with van der Waals surface area (Å²) in [4.78, 5) is 32.6. The zero-order chi connectivity index (χ0) is 70.0. The Kier molecular flexibility index (Phi) is 16.8. The number of H-pyrrole nitrogens is 1. The number of nitrogens with zero attached hydrogens (tertiary/aromatic N) is 9. The average molecular weight is 1370 g/mol. The molecule has 0 saturated heterocycles. The Morgan fingerprint density at radius 3 is 1.10 bits per heavy atom. The van der Waals surface area contributed by atoms with E-state index in [-0.39, 0.29) is 0 Å². The molecule has 14 aromatic carbocycles. The first-order valence-corrected chi connectivity index (χ1v) is 35.3. The van der Waals surface area contributed by atoms with Crippen molar-refractivity contribution in [2.24, 2.45) is 0 Å². The molecule has 0 aliphatic heterocycles. The number of hydrogen-bond donors (Lipinski definition) is 1. The predicted octanol–water partition coefficient (Wildman–Crippen LogP) is 24.0. The summed E-state index contributed by atoms with van der Waals surface area (Å²) >= 11 is 6.14. The van der Waals surface area contributed by atoms with Gasteiger partial charge in [0.15, 0.2) is 34.9 Å². The maximum absolute atomic E-state index is 6.14. The Hall–Kier alpha value is -13.9. The van der Waals surface area contributed by atoms with E-state index in [2.05, 4.69) is 264 Å². The Morgan fingerprint density at radius 1 is 0.238 bits per heavy atom. The van der Waals surface area contributed by atoms with E-state index in [9.17, 15) is 0 Å². The van der Waals surface area contributed by atoms with Crippen LogP contribution in [-0.2, 0) is 0 Å². The number of fused-ring (bicyclic) bond motifs is 10. The third kappa shape index (κ3) is 12.5. The molecule has 0 aliphatic carbocycles. The predicted molar refractivity (Wildman–Crippen MR) is 432 cm³/mol. The van der Waals surface area contributed by atoms with E-state index in [1.807, 2.05) is 146 Å². The highest BCUT2D eigenvalue weighted by Gasteiger charge is 2.21. The highest BCUT2D eigenvalue weighted by atomic mass is 35.5. The van der Waals surface area contributed by atoms with E-state index in [4.69, 9.17) is 26.6 Å². The fraction of sp³-hybridized carbons (Fsp3) is 0. The van der Waals surface area contributed by atoms with E-state index >= 15 is 0 Å². The molecule has 0 unspecified atom stereocenters. The summed E-state index contributed by atoms with van der Waals surface area (Å²) in [6.07, 6.45) is 4.35. The smallest absolute Gasteiger partial charge is 0.164 e. The van der Waals surface area contributed by atoms with Crippen molar-refractivity contribution in [1.82, 2.24) is 48.6 Å². The second-order valence-electron chi connectivity index (χ2n) is 25.7. The van der Waals surface area contributed by atoms with Crippen molar-refractivity contribution in [2.45, 2.75) is 0 Å². The van der Waals surface area contributed by atoms with Gasteiger partial charge in [-0.25, -0.2) is 29.9 Å². The van der Waals surface area contributed by atoms with Gasteiger partial charge in [-0.3, -0.25) is 0 Å². The van der Waals surface area contributed by atoms with Gasteiger partial charge < -0.3 is 18.7 Å². The fourth-order valence-electron chi connectivity index (χ4n) is 14.1. The molecule has 0 spiro atoms. The first kappa shape index (κ1) is 63.3. The average Bonchev–Trinajstić information content (AvgIpc) is 1.56. The molecule has 0 amide bonds. The molecule has 0 radical (unpaired) electrons. The van der Waals surface area contributed by atoms with Crippen LogP contribution in [0.1, 0.15) is 0 Å². The maximum atomic E-state index is 6.14. The third-order valence-electron chi connectivity index (χ3n) is 19.1. The van der Waals surface area contributed by atoms with Crippen molar-refractivity contribution >= 4 is 77.0 Å². The van der Waals surface area contributed by atoms with E-state index in [1.165, 1.54) is 76.8 Å². The molecular formula is C94H63ClN10. The lowest BCUT2D eigenvalue weighted by Crippen LogP contribution is -2.01. The van der Waals surface area contributed by atoms with Crippen LogP contribution < -0.4 is 0 Å². The highest BCUT2D eigenvalue weighted by Crippen LogP contribution is 2.41.